The van der Waals surface area contributed by atoms with E-state index in [2.05, 4.69) is 35.5 Å². The van der Waals surface area contributed by atoms with Gasteiger partial charge >= 0.3 is 0 Å². The van der Waals surface area contributed by atoms with E-state index in [0.29, 0.717) is 5.69 Å². The van der Waals surface area contributed by atoms with Crippen molar-refractivity contribution in [2.45, 2.75) is 31.1 Å². The molecular weight excluding hydrogens is 288 g/mol. The number of rotatable bonds is 3. The maximum absolute atomic E-state index is 12.2. The zero-order valence-corrected chi connectivity index (χ0v) is 13.0. The molecule has 1 aromatic heterocycles. The minimum atomic E-state index is -3.71. The molecule has 0 aliphatic rings. The number of benzene rings is 1. The Bertz CT molecular complexity index is 717. The van der Waals surface area contributed by atoms with E-state index in [1.807, 2.05) is 12.1 Å². The first-order valence-electron chi connectivity index (χ1n) is 6.39. The zero-order valence-electron chi connectivity index (χ0n) is 12.2. The number of anilines is 2. The second-order valence-corrected chi connectivity index (χ2v) is 7.39. The Kier molecular flexibility index (Phi) is 3.87. The SMILES string of the molecule is CC(C)(C)c1ccc(NS(=O)(=O)c2cnc(N)nc2)cc1. The van der Waals surface area contributed by atoms with Gasteiger partial charge in [-0.3, -0.25) is 4.72 Å². The molecule has 6 nitrogen and oxygen atoms in total. The second-order valence-electron chi connectivity index (χ2n) is 5.71. The molecule has 0 saturated heterocycles. The van der Waals surface area contributed by atoms with Crippen LogP contribution in [0.25, 0.3) is 0 Å². The number of nitrogen functional groups attached to an aromatic ring is 1. The van der Waals surface area contributed by atoms with Crippen molar-refractivity contribution < 1.29 is 8.42 Å². The lowest BCUT2D eigenvalue weighted by Gasteiger charge is -2.19. The smallest absolute Gasteiger partial charge is 0.264 e. The van der Waals surface area contributed by atoms with E-state index in [-0.39, 0.29) is 16.3 Å². The minimum absolute atomic E-state index is 0.0161. The van der Waals surface area contributed by atoms with Crippen molar-refractivity contribution in [2.24, 2.45) is 0 Å². The quantitative estimate of drug-likeness (QED) is 0.905. The van der Waals surface area contributed by atoms with Gasteiger partial charge in [0.05, 0.1) is 12.4 Å². The molecule has 7 heteroatoms. The Labute approximate surface area is 124 Å². The molecule has 2 aromatic rings. The van der Waals surface area contributed by atoms with Gasteiger partial charge in [-0.15, -0.1) is 0 Å². The van der Waals surface area contributed by atoms with Crippen LogP contribution in [0.15, 0.2) is 41.6 Å². The van der Waals surface area contributed by atoms with Crippen molar-refractivity contribution in [3.05, 3.63) is 42.2 Å². The van der Waals surface area contributed by atoms with Gasteiger partial charge in [-0.25, -0.2) is 18.4 Å². The van der Waals surface area contributed by atoms with Crippen molar-refractivity contribution in [3.63, 3.8) is 0 Å². The summed E-state index contributed by atoms with van der Waals surface area (Å²) in [6.45, 7) is 6.29. The van der Waals surface area contributed by atoms with Crippen LogP contribution in [0.4, 0.5) is 11.6 Å². The number of nitrogens with zero attached hydrogens (tertiary/aromatic N) is 2. The van der Waals surface area contributed by atoms with E-state index in [1.54, 1.807) is 12.1 Å². The first-order chi connectivity index (χ1) is 9.68. The van der Waals surface area contributed by atoms with Crippen LogP contribution >= 0.6 is 0 Å². The van der Waals surface area contributed by atoms with Crippen LogP contribution in [-0.2, 0) is 15.4 Å². The molecule has 0 fully saturated rings. The van der Waals surface area contributed by atoms with Crippen LogP contribution < -0.4 is 10.5 Å². The van der Waals surface area contributed by atoms with Gasteiger partial charge in [0.2, 0.25) is 5.95 Å². The molecule has 0 aliphatic carbocycles. The van der Waals surface area contributed by atoms with Crippen molar-refractivity contribution in [1.29, 1.82) is 0 Å². The summed E-state index contributed by atoms with van der Waals surface area (Å²) in [6.07, 6.45) is 2.35. The van der Waals surface area contributed by atoms with E-state index >= 15 is 0 Å². The monoisotopic (exact) mass is 306 g/mol. The lowest BCUT2D eigenvalue weighted by atomic mass is 9.87. The highest BCUT2D eigenvalue weighted by molar-refractivity contribution is 7.92. The van der Waals surface area contributed by atoms with Gasteiger partial charge in [-0.2, -0.15) is 0 Å². The van der Waals surface area contributed by atoms with Gasteiger partial charge in [-0.05, 0) is 23.1 Å². The number of hydrogen-bond acceptors (Lipinski definition) is 5. The van der Waals surface area contributed by atoms with Gasteiger partial charge in [0.25, 0.3) is 10.0 Å². The summed E-state index contributed by atoms with van der Waals surface area (Å²) in [6, 6.07) is 7.27. The Balaban J connectivity index is 2.23. The maximum Gasteiger partial charge on any atom is 0.264 e. The Morgan fingerprint density at radius 2 is 1.57 bits per heavy atom. The fourth-order valence-corrected chi connectivity index (χ4v) is 2.66. The first kappa shape index (κ1) is 15.2. The van der Waals surface area contributed by atoms with Crippen molar-refractivity contribution >= 4 is 21.7 Å². The molecule has 2 rings (SSSR count). The van der Waals surface area contributed by atoms with Crippen LogP contribution in [0.5, 0.6) is 0 Å². The predicted octanol–water partition coefficient (Wildman–Crippen LogP) is 2.16. The summed E-state index contributed by atoms with van der Waals surface area (Å²) >= 11 is 0. The van der Waals surface area contributed by atoms with E-state index < -0.39 is 10.0 Å². The van der Waals surface area contributed by atoms with Crippen molar-refractivity contribution in [3.8, 4) is 0 Å². The molecule has 3 N–H and O–H groups in total. The highest BCUT2D eigenvalue weighted by Gasteiger charge is 2.17. The predicted molar refractivity (Wildman–Crippen MR) is 82.4 cm³/mol. The van der Waals surface area contributed by atoms with Gasteiger partial charge in [0.1, 0.15) is 4.90 Å². The third-order valence-corrected chi connectivity index (χ3v) is 4.30. The molecule has 0 aliphatic heterocycles. The Hall–Kier alpha value is -2.15. The van der Waals surface area contributed by atoms with Crippen LogP contribution in [0.3, 0.4) is 0 Å². The molecule has 0 unspecified atom stereocenters. The summed E-state index contributed by atoms with van der Waals surface area (Å²) in [4.78, 5) is 7.33. The van der Waals surface area contributed by atoms with E-state index in [9.17, 15) is 8.42 Å². The van der Waals surface area contributed by atoms with Crippen LogP contribution in [-0.4, -0.2) is 18.4 Å². The molecule has 0 atom stereocenters. The van der Waals surface area contributed by atoms with E-state index in [1.165, 1.54) is 12.4 Å². The van der Waals surface area contributed by atoms with Crippen LogP contribution in [0, 0.1) is 0 Å². The molecule has 0 amide bonds. The summed E-state index contributed by atoms with van der Waals surface area (Å²) in [5, 5.41) is 0. The lowest BCUT2D eigenvalue weighted by Crippen LogP contribution is -2.15. The summed E-state index contributed by atoms with van der Waals surface area (Å²) in [5.41, 5.74) is 6.97. The maximum atomic E-state index is 12.2. The summed E-state index contributed by atoms with van der Waals surface area (Å²) < 4.78 is 26.8. The first-order valence-corrected chi connectivity index (χ1v) is 7.88. The Morgan fingerprint density at radius 3 is 2.05 bits per heavy atom. The Morgan fingerprint density at radius 1 is 1.05 bits per heavy atom. The molecule has 0 saturated carbocycles. The number of aromatic nitrogens is 2. The molecule has 0 bridgehead atoms. The zero-order chi connectivity index (χ0) is 15.7. The van der Waals surface area contributed by atoms with E-state index in [0.717, 1.165) is 5.56 Å². The second kappa shape index (κ2) is 5.33. The molecule has 1 heterocycles. The third kappa shape index (κ3) is 3.69. The summed E-state index contributed by atoms with van der Waals surface area (Å²) in [7, 11) is -3.71. The highest BCUT2D eigenvalue weighted by Crippen LogP contribution is 2.24. The molecule has 21 heavy (non-hydrogen) atoms. The number of sulfonamides is 1. The van der Waals surface area contributed by atoms with Gasteiger partial charge in [-0.1, -0.05) is 32.9 Å². The standard InChI is InChI=1S/C14H18N4O2S/c1-14(2,3)10-4-6-11(7-5-10)18-21(19,20)12-8-16-13(15)17-9-12/h4-9,18H,1-3H3,(H2,15,16,17). The topological polar surface area (TPSA) is 98.0 Å². The van der Waals surface area contributed by atoms with Crippen molar-refractivity contribution in [2.75, 3.05) is 10.5 Å². The fraction of sp³-hybridized carbons (Fsp3) is 0.286. The molecule has 0 spiro atoms. The van der Waals surface area contributed by atoms with Crippen LogP contribution in [0.1, 0.15) is 26.3 Å². The lowest BCUT2D eigenvalue weighted by molar-refractivity contribution is 0.590. The van der Waals surface area contributed by atoms with Crippen LogP contribution in [0.2, 0.25) is 0 Å². The van der Waals surface area contributed by atoms with E-state index in [4.69, 9.17) is 5.73 Å². The average molecular weight is 306 g/mol. The number of hydrogen-bond donors (Lipinski definition) is 2. The fourth-order valence-electron chi connectivity index (χ4n) is 1.72. The summed E-state index contributed by atoms with van der Waals surface area (Å²) in [5.74, 6) is 0.0310. The molecule has 0 radical (unpaired) electrons. The van der Waals surface area contributed by atoms with Gasteiger partial charge < -0.3 is 5.73 Å². The third-order valence-electron chi connectivity index (χ3n) is 2.96. The molecule has 112 valence electrons. The van der Waals surface area contributed by atoms with Crippen molar-refractivity contribution in [1.82, 2.24) is 9.97 Å². The van der Waals surface area contributed by atoms with Gasteiger partial charge in [0.15, 0.2) is 0 Å². The minimum Gasteiger partial charge on any atom is -0.368 e. The van der Waals surface area contributed by atoms with Gasteiger partial charge in [0, 0.05) is 5.69 Å². The highest BCUT2D eigenvalue weighted by atomic mass is 32.2. The normalized spacial score (nSPS) is 12.1. The number of nitrogens with two attached hydrogens (primary N) is 1. The molecular formula is C14H18N4O2S. The average Bonchev–Trinajstić information content (AvgIpc) is 2.38. The number of nitrogens with one attached hydrogen (secondary N) is 1. The molecule has 1 aromatic carbocycles. The largest absolute Gasteiger partial charge is 0.368 e.